The van der Waals surface area contributed by atoms with Crippen molar-refractivity contribution in [3.8, 4) is 11.5 Å². The minimum Gasteiger partial charge on any atom is -0.493 e. The van der Waals surface area contributed by atoms with Gasteiger partial charge in [0.15, 0.2) is 11.5 Å². The van der Waals surface area contributed by atoms with Crippen LogP contribution in [0, 0.1) is 10.1 Å². The van der Waals surface area contributed by atoms with Gasteiger partial charge in [0, 0.05) is 18.5 Å². The van der Waals surface area contributed by atoms with Crippen LogP contribution in [0.3, 0.4) is 0 Å². The molecule has 1 amide bonds. The zero-order valence-electron chi connectivity index (χ0n) is 18.3. The van der Waals surface area contributed by atoms with Crippen LogP contribution in [0.15, 0.2) is 36.4 Å². The fraction of sp³-hybridized carbons (Fsp3) is 0.435. The molecule has 0 bridgehead atoms. The SMILES string of the molecule is COc1cc(CCNC(=O)CCc2ccc(C(C)(C)C)cc2)c([N+](=O)[O-])cc1OC. The Morgan fingerprint density at radius 2 is 1.63 bits per heavy atom. The normalized spacial score (nSPS) is 11.1. The lowest BCUT2D eigenvalue weighted by Gasteiger charge is -2.19. The van der Waals surface area contributed by atoms with E-state index >= 15 is 0 Å². The molecule has 0 atom stereocenters. The first-order chi connectivity index (χ1) is 14.2. The maximum atomic E-state index is 12.2. The van der Waals surface area contributed by atoms with E-state index in [2.05, 4.69) is 50.4 Å². The second kappa shape index (κ2) is 10.1. The summed E-state index contributed by atoms with van der Waals surface area (Å²) < 4.78 is 10.3. The summed E-state index contributed by atoms with van der Waals surface area (Å²) in [6.45, 7) is 6.80. The number of hydrogen-bond acceptors (Lipinski definition) is 5. The highest BCUT2D eigenvalue weighted by Gasteiger charge is 2.19. The topological polar surface area (TPSA) is 90.7 Å². The molecule has 0 radical (unpaired) electrons. The van der Waals surface area contributed by atoms with Gasteiger partial charge in [-0.15, -0.1) is 0 Å². The van der Waals surface area contributed by atoms with Crippen molar-refractivity contribution < 1.29 is 19.2 Å². The molecule has 2 aromatic carbocycles. The number of nitrogens with zero attached hydrogens (tertiary/aromatic N) is 1. The van der Waals surface area contributed by atoms with Gasteiger partial charge in [0.25, 0.3) is 5.69 Å². The molecule has 0 unspecified atom stereocenters. The monoisotopic (exact) mass is 414 g/mol. The molecule has 30 heavy (non-hydrogen) atoms. The van der Waals surface area contributed by atoms with Gasteiger partial charge in [-0.3, -0.25) is 14.9 Å². The Morgan fingerprint density at radius 1 is 1.03 bits per heavy atom. The smallest absolute Gasteiger partial charge is 0.276 e. The molecule has 0 spiro atoms. The number of ether oxygens (including phenoxy) is 2. The average Bonchev–Trinajstić information content (AvgIpc) is 2.71. The molecular formula is C23H30N2O5. The molecule has 0 aliphatic carbocycles. The molecule has 0 aliphatic rings. The van der Waals surface area contributed by atoms with Crippen molar-refractivity contribution in [1.29, 1.82) is 0 Å². The van der Waals surface area contributed by atoms with E-state index < -0.39 is 4.92 Å². The summed E-state index contributed by atoms with van der Waals surface area (Å²) in [5.74, 6) is 0.635. The van der Waals surface area contributed by atoms with Gasteiger partial charge in [0.2, 0.25) is 5.91 Å². The standard InChI is InChI=1S/C23H30N2O5/c1-23(2,3)18-9-6-16(7-10-18)8-11-22(26)24-13-12-17-14-20(29-4)21(30-5)15-19(17)25(27)28/h6-7,9-10,14-15H,8,11-13H2,1-5H3,(H,24,26). The predicted molar refractivity (Wildman–Crippen MR) is 116 cm³/mol. The van der Waals surface area contributed by atoms with Gasteiger partial charge in [0.05, 0.1) is 25.2 Å². The number of amides is 1. The second-order valence-corrected chi connectivity index (χ2v) is 8.14. The highest BCUT2D eigenvalue weighted by Crippen LogP contribution is 2.34. The average molecular weight is 415 g/mol. The summed E-state index contributed by atoms with van der Waals surface area (Å²) in [5.41, 5.74) is 2.89. The van der Waals surface area contributed by atoms with E-state index in [9.17, 15) is 14.9 Å². The highest BCUT2D eigenvalue weighted by molar-refractivity contribution is 5.76. The van der Waals surface area contributed by atoms with Crippen molar-refractivity contribution in [2.45, 2.75) is 45.4 Å². The van der Waals surface area contributed by atoms with Crippen molar-refractivity contribution in [1.82, 2.24) is 5.32 Å². The second-order valence-electron chi connectivity index (χ2n) is 8.14. The van der Waals surface area contributed by atoms with Crippen molar-refractivity contribution in [2.75, 3.05) is 20.8 Å². The first kappa shape index (κ1) is 23.2. The number of hydrogen-bond donors (Lipinski definition) is 1. The van der Waals surface area contributed by atoms with Gasteiger partial charge < -0.3 is 14.8 Å². The molecule has 162 valence electrons. The van der Waals surface area contributed by atoms with E-state index in [1.54, 1.807) is 6.07 Å². The molecule has 0 heterocycles. The zero-order valence-corrected chi connectivity index (χ0v) is 18.3. The number of nitro benzene ring substituents is 1. The van der Waals surface area contributed by atoms with Crippen LogP contribution in [0.4, 0.5) is 5.69 Å². The zero-order chi connectivity index (χ0) is 22.3. The molecule has 0 aliphatic heterocycles. The molecule has 0 saturated carbocycles. The van der Waals surface area contributed by atoms with Gasteiger partial charge in [0.1, 0.15) is 0 Å². The van der Waals surface area contributed by atoms with Crippen molar-refractivity contribution in [3.63, 3.8) is 0 Å². The number of carbonyl (C=O) groups excluding carboxylic acids is 1. The fourth-order valence-corrected chi connectivity index (χ4v) is 3.13. The van der Waals surface area contributed by atoms with Crippen LogP contribution in [-0.4, -0.2) is 31.6 Å². The van der Waals surface area contributed by atoms with E-state index in [4.69, 9.17) is 9.47 Å². The number of rotatable bonds is 9. The Morgan fingerprint density at radius 3 is 2.17 bits per heavy atom. The Hall–Kier alpha value is -3.09. The Bertz CT molecular complexity index is 886. The Kier molecular flexibility index (Phi) is 7.80. The predicted octanol–water partition coefficient (Wildman–Crippen LogP) is 4.20. The molecule has 2 aromatic rings. The molecule has 7 nitrogen and oxygen atoms in total. The lowest BCUT2D eigenvalue weighted by molar-refractivity contribution is -0.385. The maximum Gasteiger partial charge on any atom is 0.276 e. The lowest BCUT2D eigenvalue weighted by atomic mass is 9.86. The first-order valence-corrected chi connectivity index (χ1v) is 9.91. The molecule has 0 fully saturated rings. The quantitative estimate of drug-likeness (QED) is 0.490. The van der Waals surface area contributed by atoms with Crippen LogP contribution in [-0.2, 0) is 23.1 Å². The van der Waals surface area contributed by atoms with Crippen molar-refractivity contribution >= 4 is 11.6 Å². The number of aryl methyl sites for hydroxylation is 1. The third-order valence-electron chi connectivity index (χ3n) is 4.96. The summed E-state index contributed by atoms with van der Waals surface area (Å²) in [6.07, 6.45) is 1.33. The fourth-order valence-electron chi connectivity index (χ4n) is 3.13. The summed E-state index contributed by atoms with van der Waals surface area (Å²) in [5, 5.41) is 14.2. The maximum absolute atomic E-state index is 12.2. The van der Waals surface area contributed by atoms with Gasteiger partial charge in [-0.2, -0.15) is 0 Å². The van der Waals surface area contributed by atoms with Gasteiger partial charge in [-0.1, -0.05) is 45.0 Å². The van der Waals surface area contributed by atoms with E-state index in [-0.39, 0.29) is 17.0 Å². The Balaban J connectivity index is 1.90. The summed E-state index contributed by atoms with van der Waals surface area (Å²) in [7, 11) is 2.90. The number of nitro groups is 1. The van der Waals surface area contributed by atoms with Crippen LogP contribution in [0.2, 0.25) is 0 Å². The van der Waals surface area contributed by atoms with E-state index in [0.717, 1.165) is 5.56 Å². The molecule has 2 rings (SSSR count). The van der Waals surface area contributed by atoms with Crippen LogP contribution in [0.1, 0.15) is 43.9 Å². The highest BCUT2D eigenvalue weighted by atomic mass is 16.6. The third-order valence-corrected chi connectivity index (χ3v) is 4.96. The molecule has 7 heteroatoms. The largest absolute Gasteiger partial charge is 0.493 e. The van der Waals surface area contributed by atoms with Gasteiger partial charge in [-0.05, 0) is 35.4 Å². The number of benzene rings is 2. The number of nitrogens with one attached hydrogen (secondary N) is 1. The molecular weight excluding hydrogens is 384 g/mol. The minimum atomic E-state index is -0.458. The summed E-state index contributed by atoms with van der Waals surface area (Å²) in [4.78, 5) is 23.1. The first-order valence-electron chi connectivity index (χ1n) is 9.91. The van der Waals surface area contributed by atoms with Crippen LogP contribution in [0.25, 0.3) is 0 Å². The van der Waals surface area contributed by atoms with Crippen LogP contribution >= 0.6 is 0 Å². The van der Waals surface area contributed by atoms with E-state index in [1.165, 1.54) is 25.8 Å². The van der Waals surface area contributed by atoms with Crippen LogP contribution in [0.5, 0.6) is 11.5 Å². The van der Waals surface area contributed by atoms with Gasteiger partial charge in [-0.25, -0.2) is 0 Å². The summed E-state index contributed by atoms with van der Waals surface area (Å²) >= 11 is 0. The number of carbonyl (C=O) groups is 1. The summed E-state index contributed by atoms with van der Waals surface area (Å²) in [6, 6.07) is 11.2. The lowest BCUT2D eigenvalue weighted by Crippen LogP contribution is -2.26. The Labute approximate surface area is 177 Å². The third kappa shape index (κ3) is 6.20. The van der Waals surface area contributed by atoms with Crippen molar-refractivity contribution in [3.05, 3.63) is 63.2 Å². The minimum absolute atomic E-state index is 0.0548. The van der Waals surface area contributed by atoms with Gasteiger partial charge >= 0.3 is 0 Å². The molecule has 0 saturated heterocycles. The van der Waals surface area contributed by atoms with E-state index in [0.29, 0.717) is 42.9 Å². The van der Waals surface area contributed by atoms with Crippen molar-refractivity contribution in [2.24, 2.45) is 0 Å². The number of methoxy groups -OCH3 is 2. The van der Waals surface area contributed by atoms with E-state index in [1.807, 2.05) is 0 Å². The molecule has 1 N–H and O–H groups in total. The van der Waals surface area contributed by atoms with Crippen LogP contribution < -0.4 is 14.8 Å². The molecule has 0 aromatic heterocycles.